The molecular formula is C33H33BrN4O3. The molecule has 5 rings (SSSR count). The van der Waals surface area contributed by atoms with Gasteiger partial charge >= 0.3 is 0 Å². The Bertz CT molecular complexity index is 1520. The average molecular weight is 614 g/mol. The third kappa shape index (κ3) is 6.72. The molecule has 0 bridgehead atoms. The Morgan fingerprint density at radius 3 is 2.17 bits per heavy atom. The molecule has 1 aliphatic rings. The van der Waals surface area contributed by atoms with Crippen molar-refractivity contribution in [1.29, 1.82) is 0 Å². The fourth-order valence-electron chi connectivity index (χ4n) is 5.08. The van der Waals surface area contributed by atoms with Crippen LogP contribution in [0, 0.1) is 0 Å². The van der Waals surface area contributed by atoms with Gasteiger partial charge in [-0.2, -0.15) is 0 Å². The minimum absolute atomic E-state index is 0.182. The summed E-state index contributed by atoms with van der Waals surface area (Å²) in [7, 11) is 1.69. The van der Waals surface area contributed by atoms with Gasteiger partial charge in [-0.15, -0.1) is 0 Å². The van der Waals surface area contributed by atoms with Crippen LogP contribution in [0.3, 0.4) is 0 Å². The summed E-state index contributed by atoms with van der Waals surface area (Å²) in [5.41, 5.74) is 4.53. The van der Waals surface area contributed by atoms with Crippen molar-refractivity contribution in [2.75, 3.05) is 48.4 Å². The Balaban J connectivity index is 1.39. The van der Waals surface area contributed by atoms with E-state index in [0.717, 1.165) is 53.3 Å². The standard InChI is InChI=1S/C33H33BrN4O3/c1-23(24-9-4-3-5-10-24)35-33(40)28-22-27(36-32(39)25-11-8-12-26(34)21-25)15-16-29(28)37-17-19-38(20-18-37)30-13-6-7-14-31(30)41-2/h3-16,21-23H,17-20H2,1-2H3,(H,35,40)(H,36,39). The van der Waals surface area contributed by atoms with Crippen LogP contribution in [-0.4, -0.2) is 45.1 Å². The maximum atomic E-state index is 13.7. The minimum atomic E-state index is -0.242. The first-order valence-electron chi connectivity index (χ1n) is 13.6. The second-order valence-corrected chi connectivity index (χ2v) is 10.9. The molecule has 1 heterocycles. The SMILES string of the molecule is COc1ccccc1N1CCN(c2ccc(NC(=O)c3cccc(Br)c3)cc2C(=O)NC(C)c2ccccc2)CC1. The van der Waals surface area contributed by atoms with Crippen LogP contribution >= 0.6 is 15.9 Å². The molecule has 0 radical (unpaired) electrons. The van der Waals surface area contributed by atoms with E-state index in [0.29, 0.717) is 16.8 Å². The molecule has 0 aliphatic carbocycles. The molecule has 1 unspecified atom stereocenters. The van der Waals surface area contributed by atoms with Gasteiger partial charge in [0, 0.05) is 47.6 Å². The van der Waals surface area contributed by atoms with Gasteiger partial charge in [0.15, 0.2) is 0 Å². The largest absolute Gasteiger partial charge is 0.495 e. The van der Waals surface area contributed by atoms with Gasteiger partial charge in [-0.05, 0) is 61.0 Å². The zero-order valence-corrected chi connectivity index (χ0v) is 24.7. The van der Waals surface area contributed by atoms with E-state index < -0.39 is 0 Å². The highest BCUT2D eigenvalue weighted by molar-refractivity contribution is 9.10. The lowest BCUT2D eigenvalue weighted by Gasteiger charge is -2.38. The molecule has 1 fully saturated rings. The lowest BCUT2D eigenvalue weighted by atomic mass is 10.1. The maximum Gasteiger partial charge on any atom is 0.255 e. The van der Waals surface area contributed by atoms with Crippen LogP contribution < -0.4 is 25.2 Å². The number of piperazine rings is 1. The summed E-state index contributed by atoms with van der Waals surface area (Å²) >= 11 is 3.42. The highest BCUT2D eigenvalue weighted by Gasteiger charge is 2.24. The van der Waals surface area contributed by atoms with E-state index in [-0.39, 0.29) is 17.9 Å². The molecule has 0 spiro atoms. The number of nitrogens with zero attached hydrogens (tertiary/aromatic N) is 2. The van der Waals surface area contributed by atoms with Gasteiger partial charge in [0.2, 0.25) is 0 Å². The number of hydrogen-bond acceptors (Lipinski definition) is 5. The van der Waals surface area contributed by atoms with Crippen molar-refractivity contribution in [3.05, 3.63) is 118 Å². The quantitative estimate of drug-likeness (QED) is 0.237. The van der Waals surface area contributed by atoms with Crippen LogP contribution in [0.25, 0.3) is 0 Å². The van der Waals surface area contributed by atoms with Crippen molar-refractivity contribution in [3.63, 3.8) is 0 Å². The number of carbonyl (C=O) groups excluding carboxylic acids is 2. The number of methoxy groups -OCH3 is 1. The molecule has 2 amide bonds. The molecule has 0 aromatic heterocycles. The van der Waals surface area contributed by atoms with Crippen LogP contribution in [0.2, 0.25) is 0 Å². The second-order valence-electron chi connectivity index (χ2n) is 9.95. The summed E-state index contributed by atoms with van der Waals surface area (Å²) in [6, 6.07) is 30.5. The predicted octanol–water partition coefficient (Wildman–Crippen LogP) is 6.53. The van der Waals surface area contributed by atoms with Crippen LogP contribution in [0.4, 0.5) is 17.1 Å². The molecule has 1 atom stereocenters. The third-order valence-corrected chi connectivity index (χ3v) is 7.77. The number of amides is 2. The summed E-state index contributed by atoms with van der Waals surface area (Å²) in [4.78, 5) is 31.2. The van der Waals surface area contributed by atoms with E-state index >= 15 is 0 Å². The molecule has 4 aromatic rings. The predicted molar refractivity (Wildman–Crippen MR) is 168 cm³/mol. The van der Waals surface area contributed by atoms with Crippen molar-refractivity contribution in [2.45, 2.75) is 13.0 Å². The summed E-state index contributed by atoms with van der Waals surface area (Å²) in [5, 5.41) is 6.11. The van der Waals surface area contributed by atoms with Crippen molar-refractivity contribution >= 4 is 44.8 Å². The van der Waals surface area contributed by atoms with Crippen LogP contribution in [0.15, 0.2) is 102 Å². The fourth-order valence-corrected chi connectivity index (χ4v) is 5.48. The number of nitrogens with one attached hydrogen (secondary N) is 2. The van der Waals surface area contributed by atoms with E-state index in [1.54, 1.807) is 25.3 Å². The molecule has 210 valence electrons. The Labute approximate surface area is 249 Å². The van der Waals surface area contributed by atoms with E-state index in [9.17, 15) is 9.59 Å². The highest BCUT2D eigenvalue weighted by atomic mass is 79.9. The van der Waals surface area contributed by atoms with Crippen molar-refractivity contribution in [3.8, 4) is 5.75 Å². The molecule has 41 heavy (non-hydrogen) atoms. The molecule has 4 aromatic carbocycles. The van der Waals surface area contributed by atoms with Crippen LogP contribution in [0.1, 0.15) is 39.2 Å². The fraction of sp³-hybridized carbons (Fsp3) is 0.212. The monoisotopic (exact) mass is 612 g/mol. The van der Waals surface area contributed by atoms with E-state index in [1.807, 2.05) is 79.7 Å². The molecule has 1 saturated heterocycles. The van der Waals surface area contributed by atoms with Crippen molar-refractivity contribution in [2.24, 2.45) is 0 Å². The van der Waals surface area contributed by atoms with Gasteiger partial charge < -0.3 is 25.2 Å². The lowest BCUT2D eigenvalue weighted by Crippen LogP contribution is -2.47. The first kappa shape index (κ1) is 28.2. The molecular weight excluding hydrogens is 580 g/mol. The number of halogens is 1. The number of benzene rings is 4. The van der Waals surface area contributed by atoms with Gasteiger partial charge in [-0.3, -0.25) is 9.59 Å². The summed E-state index contributed by atoms with van der Waals surface area (Å²) in [5.74, 6) is 0.414. The smallest absolute Gasteiger partial charge is 0.255 e. The number of carbonyl (C=O) groups is 2. The van der Waals surface area contributed by atoms with Gasteiger partial charge in [-0.1, -0.05) is 64.5 Å². The van der Waals surface area contributed by atoms with Crippen LogP contribution in [0.5, 0.6) is 5.75 Å². The summed E-state index contributed by atoms with van der Waals surface area (Å²) in [6.45, 7) is 5.00. The maximum absolute atomic E-state index is 13.7. The number of rotatable bonds is 8. The second kappa shape index (κ2) is 12.9. The molecule has 2 N–H and O–H groups in total. The Morgan fingerprint density at radius 2 is 1.46 bits per heavy atom. The van der Waals surface area contributed by atoms with Gasteiger partial charge in [-0.25, -0.2) is 0 Å². The van der Waals surface area contributed by atoms with E-state index in [2.05, 4.69) is 42.4 Å². The third-order valence-electron chi connectivity index (χ3n) is 7.28. The molecule has 0 saturated carbocycles. The Kier molecular flexibility index (Phi) is 8.89. The zero-order chi connectivity index (χ0) is 28.8. The van der Waals surface area contributed by atoms with Gasteiger partial charge in [0.25, 0.3) is 11.8 Å². The number of ether oxygens (including phenoxy) is 1. The lowest BCUT2D eigenvalue weighted by molar-refractivity contribution is 0.0939. The normalized spacial score (nSPS) is 13.8. The number of hydrogen-bond donors (Lipinski definition) is 2. The first-order valence-corrected chi connectivity index (χ1v) is 14.4. The molecule has 7 nitrogen and oxygen atoms in total. The van der Waals surface area contributed by atoms with Crippen LogP contribution in [-0.2, 0) is 0 Å². The van der Waals surface area contributed by atoms with Gasteiger partial charge in [0.1, 0.15) is 5.75 Å². The minimum Gasteiger partial charge on any atom is -0.495 e. The van der Waals surface area contributed by atoms with E-state index in [4.69, 9.17) is 4.74 Å². The van der Waals surface area contributed by atoms with Crippen molar-refractivity contribution in [1.82, 2.24) is 5.32 Å². The summed E-state index contributed by atoms with van der Waals surface area (Å²) in [6.07, 6.45) is 0. The number of anilines is 3. The Morgan fingerprint density at radius 1 is 0.780 bits per heavy atom. The van der Waals surface area contributed by atoms with Gasteiger partial charge in [0.05, 0.1) is 24.4 Å². The van der Waals surface area contributed by atoms with E-state index in [1.165, 1.54) is 0 Å². The molecule has 8 heteroatoms. The zero-order valence-electron chi connectivity index (χ0n) is 23.1. The first-order chi connectivity index (χ1) is 19.9. The number of para-hydroxylation sites is 2. The highest BCUT2D eigenvalue weighted by Crippen LogP contribution is 2.31. The molecule has 1 aliphatic heterocycles. The topological polar surface area (TPSA) is 73.9 Å². The summed E-state index contributed by atoms with van der Waals surface area (Å²) < 4.78 is 6.39. The van der Waals surface area contributed by atoms with Crippen molar-refractivity contribution < 1.29 is 14.3 Å². The Hall–Kier alpha value is -4.30. The average Bonchev–Trinajstić information content (AvgIpc) is 3.01.